The van der Waals surface area contributed by atoms with Gasteiger partial charge in [-0.25, -0.2) is 14.2 Å². The van der Waals surface area contributed by atoms with Crippen LogP contribution < -0.4 is 11.1 Å². The van der Waals surface area contributed by atoms with E-state index in [1.54, 1.807) is 0 Å². The number of rotatable bonds is 3. The lowest BCUT2D eigenvalue weighted by Gasteiger charge is -2.10. The molecule has 0 fully saturated rings. The van der Waals surface area contributed by atoms with Gasteiger partial charge in [0, 0.05) is 0 Å². The summed E-state index contributed by atoms with van der Waals surface area (Å²) in [6.07, 6.45) is 0. The van der Waals surface area contributed by atoms with Gasteiger partial charge in [-0.3, -0.25) is 0 Å². The van der Waals surface area contributed by atoms with Crippen LogP contribution in [0.3, 0.4) is 0 Å². The average Bonchev–Trinajstić information content (AvgIpc) is 2.50. The summed E-state index contributed by atoms with van der Waals surface area (Å²) in [5, 5.41) is 11.4. The third kappa shape index (κ3) is 3.06. The Morgan fingerprint density at radius 2 is 2.19 bits per heavy atom. The van der Waals surface area contributed by atoms with Gasteiger partial charge in [-0.2, -0.15) is 5.26 Å². The number of esters is 1. The summed E-state index contributed by atoms with van der Waals surface area (Å²) in [4.78, 5) is 15.4. The molecule has 3 N–H and O–H groups in total. The molecule has 1 aromatic heterocycles. The fourth-order valence-corrected chi connectivity index (χ4v) is 1.60. The van der Waals surface area contributed by atoms with Gasteiger partial charge in [0.2, 0.25) is 0 Å². The van der Waals surface area contributed by atoms with Crippen molar-refractivity contribution in [3.63, 3.8) is 0 Å². The van der Waals surface area contributed by atoms with Gasteiger partial charge in [0.05, 0.1) is 30.1 Å². The number of nitrogens with zero attached hydrogens (tertiary/aromatic N) is 2. The maximum absolute atomic E-state index is 13.8. The zero-order valence-electron chi connectivity index (χ0n) is 11.1. The molecule has 0 aliphatic heterocycles. The Hall–Kier alpha value is -3.14. The molecule has 0 atom stereocenters. The van der Waals surface area contributed by atoms with E-state index in [2.05, 4.69) is 15.0 Å². The first-order valence-corrected chi connectivity index (χ1v) is 5.86. The van der Waals surface area contributed by atoms with Crippen molar-refractivity contribution in [2.75, 3.05) is 18.2 Å². The van der Waals surface area contributed by atoms with E-state index < -0.39 is 11.8 Å². The molecule has 2 aromatic rings. The number of pyridine rings is 1. The summed E-state index contributed by atoms with van der Waals surface area (Å²) in [5.41, 5.74) is 6.31. The van der Waals surface area contributed by atoms with E-state index in [0.717, 1.165) is 6.07 Å². The summed E-state index contributed by atoms with van der Waals surface area (Å²) in [6.45, 7) is 0. The lowest BCUT2D eigenvalue weighted by molar-refractivity contribution is 0.0594. The number of hydrogen-bond acceptors (Lipinski definition) is 6. The molecule has 106 valence electrons. The number of carbonyl (C=O) groups excluding carboxylic acids is 1. The molecular weight excluding hydrogens is 275 g/mol. The van der Waals surface area contributed by atoms with Crippen molar-refractivity contribution in [3.05, 3.63) is 47.4 Å². The molecule has 0 aliphatic rings. The number of nitrogen functional groups attached to an aromatic ring is 1. The van der Waals surface area contributed by atoms with E-state index in [1.165, 1.54) is 31.4 Å². The van der Waals surface area contributed by atoms with Crippen molar-refractivity contribution in [2.24, 2.45) is 0 Å². The molecule has 0 unspecified atom stereocenters. The highest BCUT2D eigenvalue weighted by Gasteiger charge is 2.12. The molecule has 0 spiro atoms. The van der Waals surface area contributed by atoms with Gasteiger partial charge in [0.25, 0.3) is 0 Å². The van der Waals surface area contributed by atoms with Gasteiger partial charge in [-0.15, -0.1) is 0 Å². The van der Waals surface area contributed by atoms with Crippen molar-refractivity contribution in [2.45, 2.75) is 0 Å². The van der Waals surface area contributed by atoms with Crippen molar-refractivity contribution >= 4 is 23.2 Å². The fourth-order valence-electron chi connectivity index (χ4n) is 1.60. The van der Waals surface area contributed by atoms with E-state index in [0.29, 0.717) is 0 Å². The summed E-state index contributed by atoms with van der Waals surface area (Å²) in [7, 11) is 1.23. The van der Waals surface area contributed by atoms with E-state index in [9.17, 15) is 9.18 Å². The number of methoxy groups -OCH3 is 1. The normalized spacial score (nSPS) is 9.76. The zero-order valence-corrected chi connectivity index (χ0v) is 11.1. The summed E-state index contributed by atoms with van der Waals surface area (Å²) in [6, 6.07) is 8.62. The largest absolute Gasteiger partial charge is 0.464 e. The highest BCUT2D eigenvalue weighted by Crippen LogP contribution is 2.24. The van der Waals surface area contributed by atoms with Crippen LogP contribution in [0.15, 0.2) is 30.3 Å². The fraction of sp³-hybridized carbons (Fsp3) is 0.0714. The number of halogens is 1. The summed E-state index contributed by atoms with van der Waals surface area (Å²) >= 11 is 0. The molecule has 7 heteroatoms. The van der Waals surface area contributed by atoms with E-state index in [1.807, 2.05) is 6.07 Å². The van der Waals surface area contributed by atoms with Gasteiger partial charge in [-0.05, 0) is 30.3 Å². The molecule has 1 aromatic carbocycles. The molecule has 1 heterocycles. The molecule has 0 saturated heterocycles. The highest BCUT2D eigenvalue weighted by atomic mass is 19.1. The first-order valence-electron chi connectivity index (χ1n) is 5.86. The lowest BCUT2D eigenvalue weighted by Crippen LogP contribution is -2.08. The van der Waals surface area contributed by atoms with E-state index in [4.69, 9.17) is 11.0 Å². The highest BCUT2D eigenvalue weighted by molar-refractivity contribution is 5.88. The quantitative estimate of drug-likeness (QED) is 0.839. The van der Waals surface area contributed by atoms with Crippen LogP contribution in [0.4, 0.5) is 21.6 Å². The maximum atomic E-state index is 13.8. The maximum Gasteiger partial charge on any atom is 0.356 e. The molecule has 0 radical (unpaired) electrons. The standard InChI is InChI=1S/C14H11FN4O2/c1-21-14(20)12-5-3-10(17)13(19-12)18-11-4-2-8(7-16)6-9(11)15/h2-6H,17H2,1H3,(H,18,19). The Morgan fingerprint density at radius 1 is 1.43 bits per heavy atom. The number of ether oxygens (including phenoxy) is 1. The Labute approximate surface area is 120 Å². The Kier molecular flexibility index (Phi) is 4.00. The number of anilines is 3. The van der Waals surface area contributed by atoms with Gasteiger partial charge in [-0.1, -0.05) is 0 Å². The Bertz CT molecular complexity index is 740. The number of nitrogens with two attached hydrogens (primary N) is 1. The van der Waals surface area contributed by atoms with Crippen LogP contribution in [-0.4, -0.2) is 18.1 Å². The van der Waals surface area contributed by atoms with Gasteiger partial charge in [0.15, 0.2) is 11.5 Å². The minimum absolute atomic E-state index is 0.0447. The molecule has 2 rings (SSSR count). The van der Waals surface area contributed by atoms with Crippen LogP contribution in [0, 0.1) is 17.1 Å². The molecule has 0 aliphatic carbocycles. The van der Waals surface area contributed by atoms with Crippen molar-refractivity contribution in [1.29, 1.82) is 5.26 Å². The van der Waals surface area contributed by atoms with Gasteiger partial charge in [0.1, 0.15) is 5.82 Å². The second kappa shape index (κ2) is 5.88. The monoisotopic (exact) mass is 286 g/mol. The summed E-state index contributed by atoms with van der Waals surface area (Å²) < 4.78 is 18.4. The number of carbonyl (C=O) groups is 1. The zero-order chi connectivity index (χ0) is 15.4. The Balaban J connectivity index is 2.35. The third-order valence-corrected chi connectivity index (χ3v) is 2.67. The predicted molar refractivity (Wildman–Crippen MR) is 74.4 cm³/mol. The topological polar surface area (TPSA) is 101 Å². The molecule has 6 nitrogen and oxygen atoms in total. The van der Waals surface area contributed by atoms with Crippen LogP contribution in [0.1, 0.15) is 16.1 Å². The van der Waals surface area contributed by atoms with E-state index >= 15 is 0 Å². The number of hydrogen-bond donors (Lipinski definition) is 2. The predicted octanol–water partition coefficient (Wildman–Crippen LogP) is 2.20. The van der Waals surface area contributed by atoms with Crippen LogP contribution in [-0.2, 0) is 4.74 Å². The second-order valence-corrected chi connectivity index (χ2v) is 4.06. The van der Waals surface area contributed by atoms with Crippen LogP contribution >= 0.6 is 0 Å². The Morgan fingerprint density at radius 3 is 2.81 bits per heavy atom. The van der Waals surface area contributed by atoms with Crippen LogP contribution in [0.5, 0.6) is 0 Å². The number of nitriles is 1. The van der Waals surface area contributed by atoms with Gasteiger partial charge < -0.3 is 15.8 Å². The van der Waals surface area contributed by atoms with Crippen molar-refractivity contribution in [3.8, 4) is 6.07 Å². The molecule has 0 bridgehead atoms. The van der Waals surface area contributed by atoms with Crippen LogP contribution in [0.2, 0.25) is 0 Å². The van der Waals surface area contributed by atoms with Crippen molar-refractivity contribution in [1.82, 2.24) is 4.98 Å². The van der Waals surface area contributed by atoms with E-state index in [-0.39, 0.29) is 28.5 Å². The van der Waals surface area contributed by atoms with Crippen LogP contribution in [0.25, 0.3) is 0 Å². The smallest absolute Gasteiger partial charge is 0.356 e. The summed E-state index contributed by atoms with van der Waals surface area (Å²) in [5.74, 6) is -1.13. The molecular formula is C14H11FN4O2. The molecule has 0 amide bonds. The minimum Gasteiger partial charge on any atom is -0.464 e. The third-order valence-electron chi connectivity index (χ3n) is 2.67. The first kappa shape index (κ1) is 14.3. The van der Waals surface area contributed by atoms with Crippen molar-refractivity contribution < 1.29 is 13.9 Å². The SMILES string of the molecule is COC(=O)c1ccc(N)c(Nc2ccc(C#N)cc2F)n1. The number of nitrogens with one attached hydrogen (secondary N) is 1. The lowest BCUT2D eigenvalue weighted by atomic mass is 10.2. The first-order chi connectivity index (χ1) is 10.0. The minimum atomic E-state index is -0.627. The second-order valence-electron chi connectivity index (χ2n) is 4.06. The average molecular weight is 286 g/mol. The van der Waals surface area contributed by atoms with Gasteiger partial charge >= 0.3 is 5.97 Å². The number of aromatic nitrogens is 1. The number of benzene rings is 1. The molecule has 21 heavy (non-hydrogen) atoms. The molecule has 0 saturated carbocycles.